The standard InChI is InChI=1S/C21H20O3/c1-2-23-21(22)17-19-13-9-14-20(16-19)24-15-8-4-7-12-18-10-5-3-6-11-18/h3-6,8-11,13-14,16H,2,15,17H2,1H3. The van der Waals surface area contributed by atoms with Gasteiger partial charge in [-0.3, -0.25) is 4.79 Å². The van der Waals surface area contributed by atoms with Gasteiger partial charge in [-0.25, -0.2) is 0 Å². The van der Waals surface area contributed by atoms with E-state index in [0.717, 1.165) is 16.9 Å². The molecular weight excluding hydrogens is 300 g/mol. The van der Waals surface area contributed by atoms with Crippen molar-refractivity contribution in [2.24, 2.45) is 0 Å². The van der Waals surface area contributed by atoms with Crippen LogP contribution in [0.5, 0.6) is 5.75 Å². The molecule has 3 nitrogen and oxygen atoms in total. The van der Waals surface area contributed by atoms with Crippen molar-refractivity contribution in [3.05, 3.63) is 77.9 Å². The number of allylic oxidation sites excluding steroid dienone is 1. The van der Waals surface area contributed by atoms with Crippen LogP contribution in [-0.2, 0) is 16.0 Å². The van der Waals surface area contributed by atoms with Crippen LogP contribution in [0.1, 0.15) is 18.1 Å². The highest BCUT2D eigenvalue weighted by Gasteiger charge is 2.04. The Labute approximate surface area is 142 Å². The van der Waals surface area contributed by atoms with Crippen molar-refractivity contribution in [3.63, 3.8) is 0 Å². The Balaban J connectivity index is 1.81. The van der Waals surface area contributed by atoms with Crippen LogP contribution in [-0.4, -0.2) is 19.2 Å². The molecule has 0 N–H and O–H groups in total. The minimum atomic E-state index is -0.231. The molecule has 2 aromatic carbocycles. The Morgan fingerprint density at radius 3 is 2.75 bits per heavy atom. The van der Waals surface area contributed by atoms with E-state index in [0.29, 0.717) is 13.2 Å². The zero-order valence-electron chi connectivity index (χ0n) is 13.7. The fourth-order valence-electron chi connectivity index (χ4n) is 2.02. The van der Waals surface area contributed by atoms with Crippen LogP contribution in [0.3, 0.4) is 0 Å². The fraction of sp³-hybridized carbons (Fsp3) is 0.190. The van der Waals surface area contributed by atoms with Crippen LogP contribution in [0.2, 0.25) is 0 Å². The van der Waals surface area contributed by atoms with E-state index in [1.807, 2.05) is 60.7 Å². The van der Waals surface area contributed by atoms with Crippen LogP contribution in [0.15, 0.2) is 66.7 Å². The van der Waals surface area contributed by atoms with Crippen LogP contribution in [0.4, 0.5) is 0 Å². The highest BCUT2D eigenvalue weighted by Crippen LogP contribution is 2.14. The van der Waals surface area contributed by atoms with Crippen LogP contribution >= 0.6 is 0 Å². The molecule has 0 bridgehead atoms. The van der Waals surface area contributed by atoms with Crippen LogP contribution < -0.4 is 4.74 Å². The van der Waals surface area contributed by atoms with Gasteiger partial charge < -0.3 is 9.47 Å². The monoisotopic (exact) mass is 320 g/mol. The SMILES string of the molecule is CCOC(=O)Cc1cccc(OCC=CC#Cc2ccccc2)c1. The summed E-state index contributed by atoms with van der Waals surface area (Å²) in [5.41, 5.74) is 1.86. The molecule has 0 amide bonds. The lowest BCUT2D eigenvalue weighted by Crippen LogP contribution is -2.07. The number of rotatable bonds is 6. The molecule has 0 aliphatic carbocycles. The summed E-state index contributed by atoms with van der Waals surface area (Å²) < 4.78 is 10.6. The number of esters is 1. The van der Waals surface area contributed by atoms with E-state index < -0.39 is 0 Å². The van der Waals surface area contributed by atoms with E-state index in [1.54, 1.807) is 13.0 Å². The average molecular weight is 320 g/mol. The summed E-state index contributed by atoms with van der Waals surface area (Å²) in [5, 5.41) is 0. The predicted molar refractivity (Wildman–Crippen MR) is 94.7 cm³/mol. The Kier molecular flexibility index (Phi) is 7.17. The molecule has 2 aromatic rings. The summed E-state index contributed by atoms with van der Waals surface area (Å²) >= 11 is 0. The molecule has 0 aromatic heterocycles. The number of carbonyl (C=O) groups is 1. The zero-order valence-corrected chi connectivity index (χ0v) is 13.7. The summed E-state index contributed by atoms with van der Waals surface area (Å²) in [6, 6.07) is 17.3. The molecule has 2 rings (SSSR count). The molecule has 0 spiro atoms. The van der Waals surface area contributed by atoms with Gasteiger partial charge in [-0.15, -0.1) is 0 Å². The van der Waals surface area contributed by atoms with Crippen LogP contribution in [0, 0.1) is 11.8 Å². The van der Waals surface area contributed by atoms with Gasteiger partial charge in [0.05, 0.1) is 13.0 Å². The van der Waals surface area contributed by atoms with Crippen molar-refractivity contribution in [2.75, 3.05) is 13.2 Å². The second-order valence-corrected chi connectivity index (χ2v) is 4.98. The highest BCUT2D eigenvalue weighted by atomic mass is 16.5. The van der Waals surface area contributed by atoms with Crippen LogP contribution in [0.25, 0.3) is 0 Å². The Morgan fingerprint density at radius 2 is 1.96 bits per heavy atom. The van der Waals surface area contributed by atoms with Gasteiger partial charge in [0.15, 0.2) is 0 Å². The Bertz CT molecular complexity index is 736. The van der Waals surface area contributed by atoms with Gasteiger partial charge >= 0.3 is 5.97 Å². The summed E-state index contributed by atoms with van der Waals surface area (Å²) in [4.78, 5) is 11.5. The molecule has 0 saturated heterocycles. The summed E-state index contributed by atoms with van der Waals surface area (Å²) in [5.74, 6) is 6.50. The molecule has 24 heavy (non-hydrogen) atoms. The predicted octanol–water partition coefficient (Wildman–Crippen LogP) is 3.78. The van der Waals surface area contributed by atoms with Crippen molar-refractivity contribution in [3.8, 4) is 17.6 Å². The van der Waals surface area contributed by atoms with Gasteiger partial charge in [-0.1, -0.05) is 42.2 Å². The quantitative estimate of drug-likeness (QED) is 0.600. The molecule has 0 aliphatic rings. The third kappa shape index (κ3) is 6.41. The molecular formula is C21H20O3. The van der Waals surface area contributed by atoms with Gasteiger partial charge in [0, 0.05) is 5.56 Å². The number of hydrogen-bond acceptors (Lipinski definition) is 3. The normalized spacial score (nSPS) is 10.0. The van der Waals surface area contributed by atoms with Crippen molar-refractivity contribution >= 4 is 5.97 Å². The number of ether oxygens (including phenoxy) is 2. The summed E-state index contributed by atoms with van der Waals surface area (Å²) in [6.07, 6.45) is 3.88. The molecule has 0 radical (unpaired) electrons. The third-order valence-corrected chi connectivity index (χ3v) is 3.09. The number of hydrogen-bond donors (Lipinski definition) is 0. The summed E-state index contributed by atoms with van der Waals surface area (Å²) in [6.45, 7) is 2.61. The minimum absolute atomic E-state index is 0.231. The van der Waals surface area contributed by atoms with E-state index in [9.17, 15) is 4.79 Å². The molecule has 3 heteroatoms. The lowest BCUT2D eigenvalue weighted by molar-refractivity contribution is -0.142. The number of benzene rings is 2. The van der Waals surface area contributed by atoms with E-state index >= 15 is 0 Å². The molecule has 0 saturated carbocycles. The molecule has 0 heterocycles. The minimum Gasteiger partial charge on any atom is -0.490 e. The molecule has 0 unspecified atom stereocenters. The second kappa shape index (κ2) is 9.91. The fourth-order valence-corrected chi connectivity index (χ4v) is 2.02. The average Bonchev–Trinajstić information content (AvgIpc) is 2.59. The first kappa shape index (κ1) is 17.4. The van der Waals surface area contributed by atoms with Crippen molar-refractivity contribution in [1.29, 1.82) is 0 Å². The Morgan fingerprint density at radius 1 is 1.12 bits per heavy atom. The van der Waals surface area contributed by atoms with Gasteiger partial charge in [0.1, 0.15) is 12.4 Å². The number of carbonyl (C=O) groups excluding carboxylic acids is 1. The Hall–Kier alpha value is -2.99. The maximum absolute atomic E-state index is 11.5. The first-order valence-corrected chi connectivity index (χ1v) is 7.87. The molecule has 0 fully saturated rings. The van der Waals surface area contributed by atoms with E-state index in [-0.39, 0.29) is 12.4 Å². The lowest BCUT2D eigenvalue weighted by Gasteiger charge is -2.06. The first-order valence-electron chi connectivity index (χ1n) is 7.87. The van der Waals surface area contributed by atoms with Crippen molar-refractivity contribution in [1.82, 2.24) is 0 Å². The summed E-state index contributed by atoms with van der Waals surface area (Å²) in [7, 11) is 0. The van der Waals surface area contributed by atoms with E-state index in [4.69, 9.17) is 9.47 Å². The van der Waals surface area contributed by atoms with Gasteiger partial charge in [0.2, 0.25) is 0 Å². The zero-order chi connectivity index (χ0) is 17.0. The largest absolute Gasteiger partial charge is 0.490 e. The van der Waals surface area contributed by atoms with Crippen molar-refractivity contribution < 1.29 is 14.3 Å². The third-order valence-electron chi connectivity index (χ3n) is 3.09. The van der Waals surface area contributed by atoms with Gasteiger partial charge in [-0.05, 0) is 48.9 Å². The maximum Gasteiger partial charge on any atom is 0.310 e. The topological polar surface area (TPSA) is 35.5 Å². The lowest BCUT2D eigenvalue weighted by atomic mass is 10.1. The van der Waals surface area contributed by atoms with Gasteiger partial charge in [0.25, 0.3) is 0 Å². The maximum atomic E-state index is 11.5. The van der Waals surface area contributed by atoms with Gasteiger partial charge in [-0.2, -0.15) is 0 Å². The molecule has 122 valence electrons. The highest BCUT2D eigenvalue weighted by molar-refractivity contribution is 5.72. The van der Waals surface area contributed by atoms with E-state index in [2.05, 4.69) is 11.8 Å². The second-order valence-electron chi connectivity index (χ2n) is 4.98. The molecule has 0 aliphatic heterocycles. The van der Waals surface area contributed by atoms with Crippen molar-refractivity contribution in [2.45, 2.75) is 13.3 Å². The smallest absolute Gasteiger partial charge is 0.310 e. The molecule has 0 atom stereocenters. The van der Waals surface area contributed by atoms with E-state index in [1.165, 1.54) is 0 Å². The first-order chi connectivity index (χ1) is 11.8.